The van der Waals surface area contributed by atoms with Gasteiger partial charge in [0.05, 0.1) is 0 Å². The Hall–Kier alpha value is -2.54. The summed E-state index contributed by atoms with van der Waals surface area (Å²) in [6.07, 6.45) is 1.13. The molecule has 0 heterocycles. The lowest BCUT2D eigenvalue weighted by Crippen LogP contribution is -2.16. The van der Waals surface area contributed by atoms with Gasteiger partial charge in [-0.1, -0.05) is 84.0 Å². The van der Waals surface area contributed by atoms with E-state index in [1.807, 2.05) is 0 Å². The second-order valence-corrected chi connectivity index (χ2v) is 9.25. The van der Waals surface area contributed by atoms with E-state index in [0.717, 1.165) is 6.42 Å². The molecule has 0 bridgehead atoms. The molecule has 146 valence electrons. The fourth-order valence-electron chi connectivity index (χ4n) is 3.40. The maximum atomic E-state index is 2.33. The van der Waals surface area contributed by atoms with E-state index in [4.69, 9.17) is 0 Å². The fourth-order valence-corrected chi connectivity index (χ4v) is 3.40. The molecular formula is C27H33N. The fraction of sp³-hybridized carbons (Fsp3) is 0.333. The van der Waals surface area contributed by atoms with E-state index in [9.17, 15) is 0 Å². The molecule has 0 aromatic heterocycles. The first-order valence-corrected chi connectivity index (χ1v) is 10.3. The van der Waals surface area contributed by atoms with Crippen LogP contribution in [-0.4, -0.2) is 0 Å². The largest absolute Gasteiger partial charge is 0.311 e. The minimum atomic E-state index is 0.156. The lowest BCUT2D eigenvalue weighted by molar-refractivity contribution is 0.506. The highest BCUT2D eigenvalue weighted by molar-refractivity contribution is 5.76. The van der Waals surface area contributed by atoms with E-state index in [2.05, 4.69) is 125 Å². The molecule has 3 rings (SSSR count). The molecule has 3 aromatic carbocycles. The lowest BCUT2D eigenvalue weighted by atomic mass is 9.82. The van der Waals surface area contributed by atoms with Crippen LogP contribution in [-0.2, 0) is 10.8 Å². The van der Waals surface area contributed by atoms with Gasteiger partial charge >= 0.3 is 0 Å². The van der Waals surface area contributed by atoms with Crippen molar-refractivity contribution in [1.82, 2.24) is 0 Å². The van der Waals surface area contributed by atoms with Crippen LogP contribution in [0.5, 0.6) is 0 Å². The molecule has 0 unspecified atom stereocenters. The number of nitrogens with zero attached hydrogens (tertiary/aromatic N) is 1. The third-order valence-corrected chi connectivity index (χ3v) is 5.80. The van der Waals surface area contributed by atoms with Gasteiger partial charge in [-0.05, 0) is 64.8 Å². The van der Waals surface area contributed by atoms with E-state index in [0.29, 0.717) is 0 Å². The number of hydrogen-bond donors (Lipinski definition) is 0. The number of hydrogen-bond acceptors (Lipinski definition) is 1. The quantitative estimate of drug-likeness (QED) is 0.437. The molecular weight excluding hydrogens is 338 g/mol. The number of anilines is 3. The van der Waals surface area contributed by atoms with Crippen LogP contribution in [0.4, 0.5) is 17.1 Å². The van der Waals surface area contributed by atoms with Crippen molar-refractivity contribution in [2.75, 3.05) is 4.90 Å². The molecule has 0 saturated carbocycles. The van der Waals surface area contributed by atoms with Crippen LogP contribution in [0.1, 0.15) is 59.1 Å². The molecule has 0 aliphatic carbocycles. The molecule has 0 spiro atoms. The monoisotopic (exact) mass is 371 g/mol. The number of para-hydroxylation sites is 1. The van der Waals surface area contributed by atoms with Crippen molar-refractivity contribution in [1.29, 1.82) is 0 Å². The molecule has 0 aliphatic rings. The third-order valence-electron chi connectivity index (χ3n) is 5.80. The maximum absolute atomic E-state index is 2.33. The second-order valence-electron chi connectivity index (χ2n) is 9.25. The molecule has 28 heavy (non-hydrogen) atoms. The average Bonchev–Trinajstić information content (AvgIpc) is 2.69. The minimum Gasteiger partial charge on any atom is -0.311 e. The van der Waals surface area contributed by atoms with Crippen molar-refractivity contribution in [3.8, 4) is 0 Å². The van der Waals surface area contributed by atoms with Gasteiger partial charge in [0.15, 0.2) is 0 Å². The smallest absolute Gasteiger partial charge is 0.0461 e. The second kappa shape index (κ2) is 7.83. The predicted molar refractivity (Wildman–Crippen MR) is 123 cm³/mol. The Morgan fingerprint density at radius 3 is 1.43 bits per heavy atom. The van der Waals surface area contributed by atoms with Crippen LogP contribution in [0.3, 0.4) is 0 Å². The van der Waals surface area contributed by atoms with Gasteiger partial charge in [0, 0.05) is 17.1 Å². The zero-order valence-corrected chi connectivity index (χ0v) is 18.2. The van der Waals surface area contributed by atoms with Crippen molar-refractivity contribution in [2.24, 2.45) is 0 Å². The highest BCUT2D eigenvalue weighted by Gasteiger charge is 2.19. The van der Waals surface area contributed by atoms with Crippen molar-refractivity contribution in [3.63, 3.8) is 0 Å². The van der Waals surface area contributed by atoms with E-state index >= 15 is 0 Å². The third kappa shape index (κ3) is 4.30. The first-order valence-electron chi connectivity index (χ1n) is 10.3. The van der Waals surface area contributed by atoms with Crippen LogP contribution >= 0.6 is 0 Å². The molecule has 0 fully saturated rings. The predicted octanol–water partition coefficient (Wildman–Crippen LogP) is 8.14. The Labute approximate surface area is 171 Å². The standard InChI is InChI=1S/C27H33N/c1-7-27(5,6)22-15-19-25(20-16-22)28(23-11-9-8-10-12-23)24-17-13-21(14-18-24)26(2,3)4/h8-20H,7H2,1-6H3. The van der Waals surface area contributed by atoms with Crippen LogP contribution in [0.15, 0.2) is 78.9 Å². The zero-order valence-electron chi connectivity index (χ0n) is 18.2. The summed E-state index contributed by atoms with van der Waals surface area (Å²) in [5.74, 6) is 0. The van der Waals surface area contributed by atoms with Crippen molar-refractivity contribution >= 4 is 17.1 Å². The van der Waals surface area contributed by atoms with Crippen LogP contribution < -0.4 is 4.90 Å². The average molecular weight is 372 g/mol. The summed E-state index contributed by atoms with van der Waals surface area (Å²) in [6.45, 7) is 13.6. The van der Waals surface area contributed by atoms with Crippen LogP contribution in [0.2, 0.25) is 0 Å². The Bertz CT molecular complexity index is 882. The number of benzene rings is 3. The van der Waals surface area contributed by atoms with Crippen LogP contribution in [0, 0.1) is 0 Å². The summed E-state index contributed by atoms with van der Waals surface area (Å²) < 4.78 is 0. The summed E-state index contributed by atoms with van der Waals surface area (Å²) >= 11 is 0. The minimum absolute atomic E-state index is 0.156. The van der Waals surface area contributed by atoms with E-state index < -0.39 is 0 Å². The normalized spacial score (nSPS) is 12.1. The van der Waals surface area contributed by atoms with Crippen molar-refractivity contribution in [2.45, 2.75) is 58.8 Å². The summed E-state index contributed by atoms with van der Waals surface area (Å²) in [7, 11) is 0. The zero-order chi connectivity index (χ0) is 20.4. The van der Waals surface area contributed by atoms with Crippen molar-refractivity contribution in [3.05, 3.63) is 90.0 Å². The highest BCUT2D eigenvalue weighted by atomic mass is 15.1. The Morgan fingerprint density at radius 2 is 1.00 bits per heavy atom. The van der Waals surface area contributed by atoms with Gasteiger partial charge in [-0.25, -0.2) is 0 Å². The summed E-state index contributed by atoms with van der Waals surface area (Å²) in [5.41, 5.74) is 6.63. The molecule has 0 aliphatic heterocycles. The Kier molecular flexibility index (Phi) is 5.65. The van der Waals surface area contributed by atoms with E-state index in [1.165, 1.54) is 28.2 Å². The van der Waals surface area contributed by atoms with Crippen LogP contribution in [0.25, 0.3) is 0 Å². The maximum Gasteiger partial charge on any atom is 0.0461 e. The molecule has 0 atom stereocenters. The molecule has 0 saturated heterocycles. The van der Waals surface area contributed by atoms with Gasteiger partial charge < -0.3 is 4.90 Å². The molecule has 1 heteroatoms. The van der Waals surface area contributed by atoms with Gasteiger partial charge in [0.25, 0.3) is 0 Å². The molecule has 0 amide bonds. The SMILES string of the molecule is CCC(C)(C)c1ccc(N(c2ccccc2)c2ccc(C(C)(C)C)cc2)cc1. The molecule has 0 radical (unpaired) electrons. The van der Waals surface area contributed by atoms with Gasteiger partial charge in [-0.15, -0.1) is 0 Å². The molecule has 3 aromatic rings. The molecule has 1 nitrogen and oxygen atoms in total. The molecule has 0 N–H and O–H groups in total. The summed E-state index contributed by atoms with van der Waals surface area (Å²) in [6, 6.07) is 28.6. The van der Waals surface area contributed by atoms with Gasteiger partial charge in [0.1, 0.15) is 0 Å². The van der Waals surface area contributed by atoms with Gasteiger partial charge in [0.2, 0.25) is 0 Å². The van der Waals surface area contributed by atoms with Gasteiger partial charge in [-0.2, -0.15) is 0 Å². The Morgan fingerprint density at radius 1 is 0.571 bits per heavy atom. The van der Waals surface area contributed by atoms with E-state index in [-0.39, 0.29) is 10.8 Å². The Balaban J connectivity index is 2.04. The van der Waals surface area contributed by atoms with Gasteiger partial charge in [-0.3, -0.25) is 0 Å². The summed E-state index contributed by atoms with van der Waals surface area (Å²) in [4.78, 5) is 2.33. The summed E-state index contributed by atoms with van der Waals surface area (Å²) in [5, 5.41) is 0. The number of rotatable bonds is 5. The van der Waals surface area contributed by atoms with Crippen molar-refractivity contribution < 1.29 is 0 Å². The highest BCUT2D eigenvalue weighted by Crippen LogP contribution is 2.37. The van der Waals surface area contributed by atoms with E-state index in [1.54, 1.807) is 0 Å². The topological polar surface area (TPSA) is 3.24 Å². The first-order chi connectivity index (χ1) is 13.2. The lowest BCUT2D eigenvalue weighted by Gasteiger charge is -2.28. The first kappa shape index (κ1) is 20.2.